The van der Waals surface area contributed by atoms with Crippen LogP contribution in [0.25, 0.3) is 0 Å². The van der Waals surface area contributed by atoms with E-state index >= 15 is 0 Å². The van der Waals surface area contributed by atoms with Gasteiger partial charge in [0.15, 0.2) is 0 Å². The number of nitrogens with two attached hydrogens (primary N) is 1. The molecule has 0 radical (unpaired) electrons. The van der Waals surface area contributed by atoms with Crippen molar-refractivity contribution in [3.8, 4) is 0 Å². The first-order valence-corrected chi connectivity index (χ1v) is 6.22. The molecular formula is C14H22N2O. The maximum absolute atomic E-state index is 6.11. The van der Waals surface area contributed by atoms with Gasteiger partial charge >= 0.3 is 0 Å². The highest BCUT2D eigenvalue weighted by Gasteiger charge is 2.30. The number of morpholine rings is 1. The summed E-state index contributed by atoms with van der Waals surface area (Å²) < 4.78 is 5.74. The summed E-state index contributed by atoms with van der Waals surface area (Å²) in [5.74, 6) is 0. The highest BCUT2D eigenvalue weighted by atomic mass is 16.5. The Morgan fingerprint density at radius 1 is 1.35 bits per heavy atom. The molecule has 3 heteroatoms. The molecule has 0 bridgehead atoms. The van der Waals surface area contributed by atoms with Gasteiger partial charge < -0.3 is 10.5 Å². The second-order valence-electron chi connectivity index (χ2n) is 5.40. The van der Waals surface area contributed by atoms with Crippen LogP contribution in [0.2, 0.25) is 0 Å². The van der Waals surface area contributed by atoms with Crippen LogP contribution in [0.1, 0.15) is 19.4 Å². The van der Waals surface area contributed by atoms with E-state index in [0.717, 1.165) is 26.2 Å². The molecule has 1 atom stereocenters. The zero-order valence-corrected chi connectivity index (χ0v) is 10.7. The van der Waals surface area contributed by atoms with Crippen LogP contribution in [-0.4, -0.2) is 36.2 Å². The number of benzene rings is 1. The minimum absolute atomic E-state index is 0.125. The highest BCUT2D eigenvalue weighted by Crippen LogP contribution is 2.17. The summed E-state index contributed by atoms with van der Waals surface area (Å²) in [6.07, 6.45) is 0.125. The summed E-state index contributed by atoms with van der Waals surface area (Å²) in [5, 5.41) is 0. The standard InChI is InChI=1S/C14H22N2O/c1-14(2,15)13-11-16(8-9-17-13)10-12-6-4-3-5-7-12/h3-7,13H,8-11,15H2,1-2H3. The van der Waals surface area contributed by atoms with Crippen molar-refractivity contribution in [1.82, 2.24) is 4.90 Å². The Balaban J connectivity index is 1.94. The normalized spacial score (nSPS) is 22.6. The van der Waals surface area contributed by atoms with E-state index in [1.807, 2.05) is 13.8 Å². The summed E-state index contributed by atoms with van der Waals surface area (Å²) in [4.78, 5) is 2.41. The summed E-state index contributed by atoms with van der Waals surface area (Å²) in [5.41, 5.74) is 7.20. The Labute approximate surface area is 104 Å². The second-order valence-corrected chi connectivity index (χ2v) is 5.40. The fourth-order valence-corrected chi connectivity index (χ4v) is 2.14. The lowest BCUT2D eigenvalue weighted by molar-refractivity contribution is -0.0611. The van der Waals surface area contributed by atoms with Crippen molar-refractivity contribution in [2.45, 2.75) is 32.0 Å². The van der Waals surface area contributed by atoms with Gasteiger partial charge in [-0.2, -0.15) is 0 Å². The molecule has 0 spiro atoms. The molecule has 1 fully saturated rings. The van der Waals surface area contributed by atoms with Crippen LogP contribution < -0.4 is 5.73 Å². The lowest BCUT2D eigenvalue weighted by Gasteiger charge is -2.39. The number of ether oxygens (including phenoxy) is 1. The minimum atomic E-state index is -0.268. The molecule has 1 aromatic carbocycles. The van der Waals surface area contributed by atoms with Gasteiger partial charge in [0.1, 0.15) is 0 Å². The Hall–Kier alpha value is -0.900. The first-order valence-electron chi connectivity index (χ1n) is 6.22. The Bertz CT molecular complexity index is 345. The molecular weight excluding hydrogens is 212 g/mol. The van der Waals surface area contributed by atoms with Gasteiger partial charge in [-0.15, -0.1) is 0 Å². The summed E-state index contributed by atoms with van der Waals surface area (Å²) in [6.45, 7) is 7.72. The molecule has 1 aromatic rings. The maximum Gasteiger partial charge on any atom is 0.0876 e. The van der Waals surface area contributed by atoms with Gasteiger partial charge in [-0.25, -0.2) is 0 Å². The average molecular weight is 234 g/mol. The zero-order chi connectivity index (χ0) is 12.3. The van der Waals surface area contributed by atoms with Crippen molar-refractivity contribution in [2.24, 2.45) is 5.73 Å². The molecule has 0 saturated carbocycles. The summed E-state index contributed by atoms with van der Waals surface area (Å²) in [7, 11) is 0. The number of hydrogen-bond acceptors (Lipinski definition) is 3. The van der Waals surface area contributed by atoms with E-state index in [-0.39, 0.29) is 11.6 Å². The summed E-state index contributed by atoms with van der Waals surface area (Å²) in [6, 6.07) is 10.5. The third-order valence-corrected chi connectivity index (χ3v) is 3.23. The molecule has 94 valence electrons. The van der Waals surface area contributed by atoms with Crippen LogP contribution in [0.3, 0.4) is 0 Å². The van der Waals surface area contributed by atoms with Gasteiger partial charge in [0.2, 0.25) is 0 Å². The SMILES string of the molecule is CC(C)(N)C1CN(Cc2ccccc2)CCO1. The van der Waals surface area contributed by atoms with E-state index in [0.29, 0.717) is 0 Å². The van der Waals surface area contributed by atoms with E-state index in [4.69, 9.17) is 10.5 Å². The van der Waals surface area contributed by atoms with Gasteiger partial charge in [-0.1, -0.05) is 30.3 Å². The topological polar surface area (TPSA) is 38.5 Å². The largest absolute Gasteiger partial charge is 0.374 e. The van der Waals surface area contributed by atoms with Gasteiger partial charge in [0.25, 0.3) is 0 Å². The van der Waals surface area contributed by atoms with Crippen LogP contribution >= 0.6 is 0 Å². The molecule has 17 heavy (non-hydrogen) atoms. The zero-order valence-electron chi connectivity index (χ0n) is 10.7. The van der Waals surface area contributed by atoms with E-state index in [1.165, 1.54) is 5.56 Å². The van der Waals surface area contributed by atoms with Crippen LogP contribution in [0.5, 0.6) is 0 Å². The van der Waals surface area contributed by atoms with Gasteiger partial charge in [-0.05, 0) is 19.4 Å². The molecule has 1 saturated heterocycles. The molecule has 0 amide bonds. The van der Waals surface area contributed by atoms with Gasteiger partial charge in [0, 0.05) is 25.2 Å². The van der Waals surface area contributed by atoms with Gasteiger partial charge in [-0.3, -0.25) is 4.90 Å². The van der Waals surface area contributed by atoms with Crippen molar-refractivity contribution in [2.75, 3.05) is 19.7 Å². The molecule has 1 aliphatic rings. The molecule has 1 heterocycles. The molecule has 0 aromatic heterocycles. The van der Waals surface area contributed by atoms with Crippen LogP contribution in [0.15, 0.2) is 30.3 Å². The van der Waals surface area contributed by atoms with Crippen LogP contribution in [0.4, 0.5) is 0 Å². The fraction of sp³-hybridized carbons (Fsp3) is 0.571. The molecule has 1 unspecified atom stereocenters. The minimum Gasteiger partial charge on any atom is -0.374 e. The van der Waals surface area contributed by atoms with Crippen molar-refractivity contribution in [3.05, 3.63) is 35.9 Å². The average Bonchev–Trinajstić information content (AvgIpc) is 2.29. The van der Waals surface area contributed by atoms with Crippen molar-refractivity contribution >= 4 is 0 Å². The van der Waals surface area contributed by atoms with E-state index in [1.54, 1.807) is 0 Å². The lowest BCUT2D eigenvalue weighted by atomic mass is 9.97. The quantitative estimate of drug-likeness (QED) is 0.864. The van der Waals surface area contributed by atoms with Crippen molar-refractivity contribution in [3.63, 3.8) is 0 Å². The molecule has 2 rings (SSSR count). The van der Waals surface area contributed by atoms with Crippen LogP contribution in [0, 0.1) is 0 Å². The molecule has 0 aliphatic carbocycles. The van der Waals surface area contributed by atoms with E-state index < -0.39 is 0 Å². The first kappa shape index (κ1) is 12.6. The van der Waals surface area contributed by atoms with Crippen molar-refractivity contribution < 1.29 is 4.74 Å². The first-order chi connectivity index (χ1) is 8.05. The number of hydrogen-bond donors (Lipinski definition) is 1. The second kappa shape index (κ2) is 5.17. The van der Waals surface area contributed by atoms with Gasteiger partial charge in [0.05, 0.1) is 12.7 Å². The van der Waals surface area contributed by atoms with E-state index in [9.17, 15) is 0 Å². The molecule has 1 aliphatic heterocycles. The molecule has 2 N–H and O–H groups in total. The number of rotatable bonds is 3. The lowest BCUT2D eigenvalue weighted by Crippen LogP contribution is -2.55. The van der Waals surface area contributed by atoms with Crippen molar-refractivity contribution in [1.29, 1.82) is 0 Å². The summed E-state index contributed by atoms with van der Waals surface area (Å²) >= 11 is 0. The third-order valence-electron chi connectivity index (χ3n) is 3.23. The fourth-order valence-electron chi connectivity index (χ4n) is 2.14. The van der Waals surface area contributed by atoms with Crippen LogP contribution in [-0.2, 0) is 11.3 Å². The Kier molecular flexibility index (Phi) is 3.82. The monoisotopic (exact) mass is 234 g/mol. The molecule has 3 nitrogen and oxygen atoms in total. The highest BCUT2D eigenvalue weighted by molar-refractivity contribution is 5.14. The third kappa shape index (κ3) is 3.53. The predicted octanol–water partition coefficient (Wildman–Crippen LogP) is 1.62. The number of nitrogens with zero attached hydrogens (tertiary/aromatic N) is 1. The maximum atomic E-state index is 6.11. The Morgan fingerprint density at radius 3 is 2.71 bits per heavy atom. The van der Waals surface area contributed by atoms with E-state index in [2.05, 4.69) is 35.2 Å². The smallest absolute Gasteiger partial charge is 0.0876 e. The Morgan fingerprint density at radius 2 is 2.06 bits per heavy atom. The predicted molar refractivity (Wildman–Crippen MR) is 69.7 cm³/mol.